The van der Waals surface area contributed by atoms with Gasteiger partial charge >= 0.3 is 5.97 Å². The van der Waals surface area contributed by atoms with E-state index in [0.29, 0.717) is 17.9 Å². The number of hydrogen-bond donors (Lipinski definition) is 0. The van der Waals surface area contributed by atoms with Gasteiger partial charge in [0.15, 0.2) is 0 Å². The number of carbonyl (C=O) groups excluding carboxylic acids is 1. The lowest BCUT2D eigenvalue weighted by molar-refractivity contribution is 0.0600. The van der Waals surface area contributed by atoms with E-state index in [1.165, 1.54) is 7.11 Å². The molecule has 5 heteroatoms. The molecular weight excluding hydrogens is 310 g/mol. The van der Waals surface area contributed by atoms with Crippen LogP contribution in [0.1, 0.15) is 15.9 Å². The summed E-state index contributed by atoms with van der Waals surface area (Å²) in [5, 5.41) is 0. The van der Waals surface area contributed by atoms with Crippen molar-refractivity contribution < 1.29 is 14.3 Å². The summed E-state index contributed by atoms with van der Waals surface area (Å²) in [5.74, 6) is 0.318. The van der Waals surface area contributed by atoms with E-state index in [0.717, 1.165) is 10.2 Å². The number of aromatic nitrogens is 1. The Hall–Kier alpha value is -1.88. The molecule has 4 nitrogen and oxygen atoms in total. The molecule has 2 rings (SSSR count). The normalized spacial score (nSPS) is 10.0. The molecule has 0 saturated heterocycles. The zero-order valence-corrected chi connectivity index (χ0v) is 11.9. The van der Waals surface area contributed by atoms with E-state index < -0.39 is 0 Å². The van der Waals surface area contributed by atoms with Crippen LogP contribution in [0.4, 0.5) is 0 Å². The number of hydrogen-bond acceptors (Lipinski definition) is 4. The largest absolute Gasteiger partial charge is 0.487 e. The van der Waals surface area contributed by atoms with Crippen molar-refractivity contribution in [3.05, 3.63) is 58.3 Å². The molecule has 0 aliphatic heterocycles. The Morgan fingerprint density at radius 1 is 1.32 bits per heavy atom. The molecule has 0 amide bonds. The van der Waals surface area contributed by atoms with Crippen molar-refractivity contribution >= 4 is 21.9 Å². The molecule has 19 heavy (non-hydrogen) atoms. The molecule has 0 saturated carbocycles. The number of methoxy groups -OCH3 is 1. The number of benzene rings is 1. The highest BCUT2D eigenvalue weighted by atomic mass is 79.9. The predicted octanol–water partition coefficient (Wildman–Crippen LogP) is 3.21. The van der Waals surface area contributed by atoms with E-state index in [1.807, 2.05) is 12.1 Å². The molecule has 1 aromatic carbocycles. The summed E-state index contributed by atoms with van der Waals surface area (Å²) in [6.45, 7) is 0.369. The van der Waals surface area contributed by atoms with Crippen LogP contribution in [0.2, 0.25) is 0 Å². The maximum absolute atomic E-state index is 11.4. The average Bonchev–Trinajstić information content (AvgIpc) is 2.46. The van der Waals surface area contributed by atoms with E-state index in [9.17, 15) is 4.79 Å². The van der Waals surface area contributed by atoms with Gasteiger partial charge in [-0.25, -0.2) is 9.78 Å². The second kappa shape index (κ2) is 6.33. The average molecular weight is 322 g/mol. The van der Waals surface area contributed by atoms with Crippen LogP contribution in [-0.4, -0.2) is 18.1 Å². The lowest BCUT2D eigenvalue weighted by atomic mass is 10.1. The highest BCUT2D eigenvalue weighted by Gasteiger charge is 2.05. The first-order valence-electron chi connectivity index (χ1n) is 5.60. The fourth-order valence-corrected chi connectivity index (χ4v) is 1.75. The van der Waals surface area contributed by atoms with Crippen molar-refractivity contribution in [1.82, 2.24) is 4.98 Å². The van der Waals surface area contributed by atoms with Crippen molar-refractivity contribution in [2.75, 3.05) is 7.11 Å². The second-order valence-electron chi connectivity index (χ2n) is 3.80. The van der Waals surface area contributed by atoms with Crippen molar-refractivity contribution in [3.8, 4) is 5.75 Å². The molecule has 98 valence electrons. The number of halogens is 1. The zero-order chi connectivity index (χ0) is 13.7. The minimum atomic E-state index is -0.354. The van der Waals surface area contributed by atoms with Gasteiger partial charge in [-0.1, -0.05) is 12.1 Å². The fourth-order valence-electron chi connectivity index (χ4n) is 1.52. The Morgan fingerprint density at radius 2 is 2.16 bits per heavy atom. The summed E-state index contributed by atoms with van der Waals surface area (Å²) in [5.41, 5.74) is 1.41. The monoisotopic (exact) mass is 321 g/mol. The van der Waals surface area contributed by atoms with Gasteiger partial charge in [0, 0.05) is 0 Å². The van der Waals surface area contributed by atoms with Crippen molar-refractivity contribution in [2.45, 2.75) is 6.61 Å². The first-order chi connectivity index (χ1) is 9.19. The number of nitrogens with zero attached hydrogens (tertiary/aromatic N) is 1. The highest BCUT2D eigenvalue weighted by molar-refractivity contribution is 9.10. The third-order valence-corrected chi connectivity index (χ3v) is 2.92. The maximum Gasteiger partial charge on any atom is 0.337 e. The van der Waals surface area contributed by atoms with Gasteiger partial charge in [-0.05, 0) is 45.8 Å². The molecule has 0 aliphatic rings. The number of pyridine rings is 1. The first kappa shape index (κ1) is 13.5. The molecule has 2 aromatic rings. The van der Waals surface area contributed by atoms with Crippen LogP contribution in [-0.2, 0) is 11.3 Å². The van der Waals surface area contributed by atoms with Gasteiger partial charge in [-0.3, -0.25) is 0 Å². The third-order valence-electron chi connectivity index (χ3n) is 2.45. The Bertz CT molecular complexity index is 569. The molecule has 1 aromatic heterocycles. The van der Waals surface area contributed by atoms with Gasteiger partial charge < -0.3 is 9.47 Å². The molecule has 0 N–H and O–H groups in total. The molecule has 1 heterocycles. The minimum Gasteiger partial charge on any atom is -0.487 e. The molecule has 0 aliphatic carbocycles. The lowest BCUT2D eigenvalue weighted by Gasteiger charge is -2.07. The van der Waals surface area contributed by atoms with Crippen LogP contribution in [0.5, 0.6) is 5.75 Å². The summed E-state index contributed by atoms with van der Waals surface area (Å²) in [6.07, 6.45) is 1.63. The fraction of sp³-hybridized carbons (Fsp3) is 0.143. The summed E-state index contributed by atoms with van der Waals surface area (Å²) < 4.78 is 11.0. The molecule has 0 unspecified atom stereocenters. The van der Waals surface area contributed by atoms with E-state index in [1.54, 1.807) is 30.5 Å². The molecule has 0 bridgehead atoms. The SMILES string of the molecule is COC(=O)c1cccc(COc2ccc(Br)nc2)c1. The van der Waals surface area contributed by atoms with E-state index >= 15 is 0 Å². The summed E-state index contributed by atoms with van der Waals surface area (Å²) >= 11 is 3.26. The van der Waals surface area contributed by atoms with Gasteiger partial charge in [0.1, 0.15) is 17.0 Å². The molecule has 0 fully saturated rings. The van der Waals surface area contributed by atoms with Crippen LogP contribution < -0.4 is 4.74 Å². The Balaban J connectivity index is 2.03. The zero-order valence-electron chi connectivity index (χ0n) is 10.3. The van der Waals surface area contributed by atoms with E-state index in [-0.39, 0.29) is 5.97 Å². The summed E-state index contributed by atoms with van der Waals surface area (Å²) in [6, 6.07) is 10.8. The third kappa shape index (κ3) is 3.79. The minimum absolute atomic E-state index is 0.354. The summed E-state index contributed by atoms with van der Waals surface area (Å²) in [4.78, 5) is 15.5. The topological polar surface area (TPSA) is 48.4 Å². The molecule has 0 spiro atoms. The van der Waals surface area contributed by atoms with Crippen LogP contribution in [0.25, 0.3) is 0 Å². The van der Waals surface area contributed by atoms with Gasteiger partial charge in [0.25, 0.3) is 0 Å². The van der Waals surface area contributed by atoms with E-state index in [4.69, 9.17) is 4.74 Å². The quantitative estimate of drug-likeness (QED) is 0.641. The first-order valence-corrected chi connectivity index (χ1v) is 6.40. The maximum atomic E-state index is 11.4. The van der Waals surface area contributed by atoms with Gasteiger partial charge in [0.2, 0.25) is 0 Å². The van der Waals surface area contributed by atoms with Crippen LogP contribution in [0.3, 0.4) is 0 Å². The van der Waals surface area contributed by atoms with Gasteiger partial charge in [-0.2, -0.15) is 0 Å². The van der Waals surface area contributed by atoms with Crippen LogP contribution >= 0.6 is 15.9 Å². The molecular formula is C14H12BrNO3. The van der Waals surface area contributed by atoms with Gasteiger partial charge in [0.05, 0.1) is 18.9 Å². The Labute approximate surface area is 119 Å². The van der Waals surface area contributed by atoms with E-state index in [2.05, 4.69) is 25.7 Å². The van der Waals surface area contributed by atoms with Crippen LogP contribution in [0.15, 0.2) is 47.2 Å². The van der Waals surface area contributed by atoms with Gasteiger partial charge in [-0.15, -0.1) is 0 Å². The standard InChI is InChI=1S/C14H12BrNO3/c1-18-14(17)11-4-2-3-10(7-11)9-19-12-5-6-13(15)16-8-12/h2-8H,9H2,1H3. The lowest BCUT2D eigenvalue weighted by Crippen LogP contribution is -2.03. The van der Waals surface area contributed by atoms with Crippen molar-refractivity contribution in [1.29, 1.82) is 0 Å². The number of ether oxygens (including phenoxy) is 2. The molecule has 0 radical (unpaired) electrons. The smallest absolute Gasteiger partial charge is 0.337 e. The second-order valence-corrected chi connectivity index (χ2v) is 4.61. The Kier molecular flexibility index (Phi) is 4.52. The highest BCUT2D eigenvalue weighted by Crippen LogP contribution is 2.15. The van der Waals surface area contributed by atoms with Crippen molar-refractivity contribution in [2.24, 2.45) is 0 Å². The predicted molar refractivity (Wildman–Crippen MR) is 74.1 cm³/mol. The van der Waals surface area contributed by atoms with Crippen LogP contribution in [0, 0.1) is 0 Å². The summed E-state index contributed by atoms with van der Waals surface area (Å²) in [7, 11) is 1.36. The molecule has 0 atom stereocenters. The number of carbonyl (C=O) groups is 1. The Morgan fingerprint density at radius 3 is 2.84 bits per heavy atom. The number of esters is 1. The van der Waals surface area contributed by atoms with Crippen molar-refractivity contribution in [3.63, 3.8) is 0 Å². The number of rotatable bonds is 4.